The van der Waals surface area contributed by atoms with Crippen molar-refractivity contribution in [1.82, 2.24) is 5.32 Å². The second-order valence-electron chi connectivity index (χ2n) is 5.90. The van der Waals surface area contributed by atoms with Gasteiger partial charge in [0, 0.05) is 21.9 Å². The Morgan fingerprint density at radius 3 is 2.24 bits per heavy atom. The maximum atomic E-state index is 6.39. The smallest absolute Gasteiger partial charge is 0.0548 e. The molecule has 0 aliphatic carbocycles. The van der Waals surface area contributed by atoms with Crippen LogP contribution in [0.2, 0.25) is 10.0 Å². The summed E-state index contributed by atoms with van der Waals surface area (Å²) in [5.74, 6) is 0. The Bertz CT molecular complexity index is 620. The Labute approximate surface area is 141 Å². The molecule has 0 aromatic heterocycles. The Morgan fingerprint density at radius 2 is 1.62 bits per heavy atom. The van der Waals surface area contributed by atoms with Crippen LogP contribution >= 0.6 is 35.0 Å². The fourth-order valence-corrected chi connectivity index (χ4v) is 3.16. The van der Waals surface area contributed by atoms with Gasteiger partial charge in [-0.3, -0.25) is 0 Å². The van der Waals surface area contributed by atoms with Gasteiger partial charge in [-0.05, 0) is 50.6 Å². The zero-order chi connectivity index (χ0) is 15.5. The van der Waals surface area contributed by atoms with Crippen molar-refractivity contribution in [1.29, 1.82) is 0 Å². The molecule has 4 heteroatoms. The van der Waals surface area contributed by atoms with Gasteiger partial charge in [0.1, 0.15) is 0 Å². The van der Waals surface area contributed by atoms with E-state index in [9.17, 15) is 0 Å². The lowest BCUT2D eigenvalue weighted by Crippen LogP contribution is -2.35. The molecular formula is C17H19Cl2NS. The molecule has 0 heterocycles. The van der Waals surface area contributed by atoms with Crippen molar-refractivity contribution in [2.45, 2.75) is 42.6 Å². The Balaban J connectivity index is 2.11. The Kier molecular flexibility index (Phi) is 5.61. The predicted molar refractivity (Wildman–Crippen MR) is 93.6 cm³/mol. The minimum absolute atomic E-state index is 0.0947. The zero-order valence-electron chi connectivity index (χ0n) is 12.4. The van der Waals surface area contributed by atoms with Crippen LogP contribution in [0.25, 0.3) is 0 Å². The summed E-state index contributed by atoms with van der Waals surface area (Å²) in [6.07, 6.45) is 0. The lowest BCUT2D eigenvalue weighted by atomic mass is 10.1. The quantitative estimate of drug-likeness (QED) is 0.729. The highest BCUT2D eigenvalue weighted by Crippen LogP contribution is 2.37. The lowest BCUT2D eigenvalue weighted by molar-refractivity contribution is 0.424. The van der Waals surface area contributed by atoms with E-state index < -0.39 is 0 Å². The van der Waals surface area contributed by atoms with Crippen LogP contribution in [0.4, 0.5) is 0 Å². The topological polar surface area (TPSA) is 12.0 Å². The summed E-state index contributed by atoms with van der Waals surface area (Å²) in [7, 11) is 0. The lowest BCUT2D eigenvalue weighted by Gasteiger charge is -2.20. The monoisotopic (exact) mass is 339 g/mol. The van der Waals surface area contributed by atoms with E-state index in [1.807, 2.05) is 30.3 Å². The number of halogens is 2. The molecule has 2 rings (SSSR count). The van der Waals surface area contributed by atoms with Gasteiger partial charge in [0.15, 0.2) is 0 Å². The molecule has 0 aliphatic rings. The summed E-state index contributed by atoms with van der Waals surface area (Å²) in [6.45, 7) is 7.25. The van der Waals surface area contributed by atoms with Crippen LogP contribution in [0.3, 0.4) is 0 Å². The summed E-state index contributed by atoms with van der Waals surface area (Å²) >= 11 is 14.2. The van der Waals surface area contributed by atoms with Gasteiger partial charge in [-0.1, -0.05) is 53.2 Å². The van der Waals surface area contributed by atoms with Crippen LogP contribution in [-0.2, 0) is 6.54 Å². The standard InChI is InChI=1S/C17H19Cl2NS/c1-17(2,3)20-11-12-8-9-16(14(19)10-12)21-15-7-5-4-6-13(15)18/h4-10,20H,11H2,1-3H3. The van der Waals surface area contributed by atoms with Gasteiger partial charge < -0.3 is 5.32 Å². The van der Waals surface area contributed by atoms with Crippen LogP contribution in [0.15, 0.2) is 52.3 Å². The van der Waals surface area contributed by atoms with E-state index in [2.05, 4.69) is 38.2 Å². The second kappa shape index (κ2) is 7.06. The maximum Gasteiger partial charge on any atom is 0.0548 e. The van der Waals surface area contributed by atoms with Crippen LogP contribution in [-0.4, -0.2) is 5.54 Å². The fourth-order valence-electron chi connectivity index (χ4n) is 1.75. The van der Waals surface area contributed by atoms with Crippen molar-refractivity contribution in [3.05, 3.63) is 58.1 Å². The number of benzene rings is 2. The van der Waals surface area contributed by atoms with Crippen molar-refractivity contribution < 1.29 is 0 Å². The molecule has 2 aromatic carbocycles. The van der Waals surface area contributed by atoms with E-state index in [1.165, 1.54) is 5.56 Å². The first-order valence-electron chi connectivity index (χ1n) is 6.81. The van der Waals surface area contributed by atoms with Crippen LogP contribution in [0, 0.1) is 0 Å². The molecule has 0 bridgehead atoms. The van der Waals surface area contributed by atoms with E-state index in [0.717, 1.165) is 26.4 Å². The SMILES string of the molecule is CC(C)(C)NCc1ccc(Sc2ccccc2Cl)c(Cl)c1. The molecule has 0 radical (unpaired) electrons. The van der Waals surface area contributed by atoms with E-state index in [4.69, 9.17) is 23.2 Å². The molecule has 112 valence electrons. The first-order valence-corrected chi connectivity index (χ1v) is 8.38. The highest BCUT2D eigenvalue weighted by atomic mass is 35.5. The third-order valence-corrected chi connectivity index (χ3v) is 4.89. The van der Waals surface area contributed by atoms with E-state index in [-0.39, 0.29) is 5.54 Å². The van der Waals surface area contributed by atoms with E-state index in [1.54, 1.807) is 11.8 Å². The number of hydrogen-bond acceptors (Lipinski definition) is 2. The Hall–Kier alpha value is -0.670. The normalized spacial score (nSPS) is 11.7. The van der Waals surface area contributed by atoms with Gasteiger partial charge in [0.2, 0.25) is 0 Å². The average Bonchev–Trinajstić information content (AvgIpc) is 2.41. The molecule has 0 unspecified atom stereocenters. The zero-order valence-corrected chi connectivity index (χ0v) is 14.7. The molecule has 0 spiro atoms. The number of nitrogens with one attached hydrogen (secondary N) is 1. The summed E-state index contributed by atoms with van der Waals surface area (Å²) in [5.41, 5.74) is 1.27. The summed E-state index contributed by atoms with van der Waals surface area (Å²) < 4.78 is 0. The second-order valence-corrected chi connectivity index (χ2v) is 7.80. The third-order valence-electron chi connectivity index (χ3n) is 2.88. The van der Waals surface area contributed by atoms with Crippen molar-refractivity contribution in [2.24, 2.45) is 0 Å². The Morgan fingerprint density at radius 1 is 0.952 bits per heavy atom. The minimum Gasteiger partial charge on any atom is -0.308 e. The molecule has 0 saturated carbocycles. The molecule has 0 amide bonds. The maximum absolute atomic E-state index is 6.39. The van der Waals surface area contributed by atoms with Gasteiger partial charge in [-0.25, -0.2) is 0 Å². The largest absolute Gasteiger partial charge is 0.308 e. The molecule has 2 aromatic rings. The molecule has 0 fully saturated rings. The molecule has 0 aliphatic heterocycles. The van der Waals surface area contributed by atoms with Crippen LogP contribution < -0.4 is 5.32 Å². The number of hydrogen-bond donors (Lipinski definition) is 1. The molecule has 1 nitrogen and oxygen atoms in total. The van der Waals surface area contributed by atoms with Crippen molar-refractivity contribution in [3.8, 4) is 0 Å². The first-order chi connectivity index (χ1) is 9.85. The minimum atomic E-state index is 0.0947. The molecule has 0 saturated heterocycles. The van der Waals surface area contributed by atoms with Gasteiger partial charge in [0.25, 0.3) is 0 Å². The fraction of sp³-hybridized carbons (Fsp3) is 0.294. The van der Waals surface area contributed by atoms with Gasteiger partial charge in [-0.2, -0.15) is 0 Å². The predicted octanol–water partition coefficient (Wildman–Crippen LogP) is 6.03. The summed E-state index contributed by atoms with van der Waals surface area (Å²) in [6, 6.07) is 14.0. The van der Waals surface area contributed by atoms with Crippen molar-refractivity contribution >= 4 is 35.0 Å². The van der Waals surface area contributed by atoms with Crippen LogP contribution in [0.5, 0.6) is 0 Å². The van der Waals surface area contributed by atoms with E-state index >= 15 is 0 Å². The number of rotatable bonds is 4. The van der Waals surface area contributed by atoms with Gasteiger partial charge >= 0.3 is 0 Å². The average molecular weight is 340 g/mol. The van der Waals surface area contributed by atoms with Crippen molar-refractivity contribution in [3.63, 3.8) is 0 Å². The summed E-state index contributed by atoms with van der Waals surface area (Å²) in [4.78, 5) is 2.03. The molecular weight excluding hydrogens is 321 g/mol. The first kappa shape index (κ1) is 16.7. The van der Waals surface area contributed by atoms with E-state index in [0.29, 0.717) is 0 Å². The van der Waals surface area contributed by atoms with Crippen molar-refractivity contribution in [2.75, 3.05) is 0 Å². The van der Waals surface area contributed by atoms with Gasteiger partial charge in [0.05, 0.1) is 10.0 Å². The molecule has 21 heavy (non-hydrogen) atoms. The highest BCUT2D eigenvalue weighted by molar-refractivity contribution is 7.99. The molecule has 1 N–H and O–H groups in total. The van der Waals surface area contributed by atoms with Gasteiger partial charge in [-0.15, -0.1) is 0 Å². The van der Waals surface area contributed by atoms with Crippen LogP contribution in [0.1, 0.15) is 26.3 Å². The third kappa shape index (κ3) is 5.23. The summed E-state index contributed by atoms with van der Waals surface area (Å²) in [5, 5.41) is 4.96. The molecule has 0 atom stereocenters. The highest BCUT2D eigenvalue weighted by Gasteiger charge is 2.10.